The molecule has 0 spiro atoms. The molecule has 0 radical (unpaired) electrons. The van der Waals surface area contributed by atoms with E-state index >= 15 is 0 Å². The van der Waals surface area contributed by atoms with Gasteiger partial charge in [0, 0.05) is 21.5 Å². The van der Waals surface area contributed by atoms with Crippen LogP contribution in [0.4, 0.5) is 0 Å². The van der Waals surface area contributed by atoms with E-state index in [-0.39, 0.29) is 18.0 Å². The van der Waals surface area contributed by atoms with Crippen molar-refractivity contribution in [2.45, 2.75) is 45.2 Å². The molecule has 33 heavy (non-hydrogen) atoms. The van der Waals surface area contributed by atoms with E-state index in [9.17, 15) is 10.5 Å². The van der Waals surface area contributed by atoms with Crippen LogP contribution >= 0.6 is 27.5 Å². The number of benzene rings is 3. The van der Waals surface area contributed by atoms with Crippen molar-refractivity contribution in [2.24, 2.45) is 5.41 Å². The molecule has 0 aliphatic carbocycles. The van der Waals surface area contributed by atoms with Crippen molar-refractivity contribution in [1.82, 2.24) is 5.32 Å². The minimum absolute atomic E-state index is 0.0240. The van der Waals surface area contributed by atoms with Crippen molar-refractivity contribution in [3.05, 3.63) is 105 Å². The molecule has 3 aromatic rings. The second-order valence-electron chi connectivity index (χ2n) is 8.95. The van der Waals surface area contributed by atoms with Gasteiger partial charge in [-0.3, -0.25) is 0 Å². The molecule has 0 heterocycles. The lowest BCUT2D eigenvalue weighted by atomic mass is 9.79. The maximum absolute atomic E-state index is 9.93. The molecule has 3 aromatic carbocycles. The van der Waals surface area contributed by atoms with Gasteiger partial charge in [0.25, 0.3) is 0 Å². The van der Waals surface area contributed by atoms with Crippen LogP contribution in [0.15, 0.2) is 77.3 Å². The van der Waals surface area contributed by atoms with Crippen LogP contribution in [0.3, 0.4) is 0 Å². The average molecular weight is 521 g/mol. The molecule has 0 aliphatic heterocycles. The third-order valence-electron chi connectivity index (χ3n) is 6.06. The van der Waals surface area contributed by atoms with Crippen LogP contribution in [0.1, 0.15) is 55.0 Å². The molecule has 1 unspecified atom stereocenters. The third kappa shape index (κ3) is 6.46. The average Bonchev–Trinajstić information content (AvgIpc) is 2.82. The summed E-state index contributed by atoms with van der Waals surface area (Å²) in [7, 11) is 0. The van der Waals surface area contributed by atoms with Crippen molar-refractivity contribution >= 4 is 27.5 Å². The van der Waals surface area contributed by atoms with Gasteiger partial charge in [-0.25, -0.2) is 0 Å². The minimum Gasteiger partial charge on any atom is -0.305 e. The summed E-state index contributed by atoms with van der Waals surface area (Å²) in [6.45, 7) is 6.08. The van der Waals surface area contributed by atoms with E-state index in [1.54, 1.807) is 0 Å². The van der Waals surface area contributed by atoms with Crippen LogP contribution in [0, 0.1) is 28.1 Å². The molecule has 3 atom stereocenters. The van der Waals surface area contributed by atoms with Crippen LogP contribution in [-0.4, -0.2) is 6.04 Å². The van der Waals surface area contributed by atoms with E-state index in [1.807, 2.05) is 68.4 Å². The van der Waals surface area contributed by atoms with E-state index in [1.165, 1.54) is 5.56 Å². The number of rotatable bonds is 8. The van der Waals surface area contributed by atoms with Crippen LogP contribution in [0.2, 0.25) is 5.02 Å². The Morgan fingerprint density at radius 1 is 0.970 bits per heavy atom. The zero-order chi connectivity index (χ0) is 24.0. The monoisotopic (exact) mass is 519 g/mol. The maximum atomic E-state index is 9.93. The number of hydrogen-bond acceptors (Lipinski definition) is 3. The fourth-order valence-corrected chi connectivity index (χ4v) is 4.51. The number of nitriles is 2. The first-order valence-corrected chi connectivity index (χ1v) is 12.1. The maximum Gasteiger partial charge on any atom is 0.0991 e. The summed E-state index contributed by atoms with van der Waals surface area (Å²) in [6, 6.07) is 28.4. The Morgan fingerprint density at radius 3 is 2.24 bits per heavy atom. The largest absolute Gasteiger partial charge is 0.305 e. The Balaban J connectivity index is 1.98. The van der Waals surface area contributed by atoms with E-state index in [4.69, 9.17) is 11.6 Å². The highest BCUT2D eigenvalue weighted by Crippen LogP contribution is 2.36. The van der Waals surface area contributed by atoms with Gasteiger partial charge in [-0.1, -0.05) is 63.9 Å². The molecule has 0 bridgehead atoms. The van der Waals surface area contributed by atoms with Gasteiger partial charge in [-0.05, 0) is 80.3 Å². The van der Waals surface area contributed by atoms with Gasteiger partial charge in [0.1, 0.15) is 0 Å². The molecule has 3 rings (SSSR count). The highest BCUT2D eigenvalue weighted by molar-refractivity contribution is 9.10. The fourth-order valence-electron chi connectivity index (χ4n) is 4.12. The Labute approximate surface area is 210 Å². The van der Waals surface area contributed by atoms with Gasteiger partial charge >= 0.3 is 0 Å². The third-order valence-corrected chi connectivity index (χ3v) is 6.84. The molecule has 0 saturated heterocycles. The summed E-state index contributed by atoms with van der Waals surface area (Å²) >= 11 is 9.60. The van der Waals surface area contributed by atoms with Gasteiger partial charge < -0.3 is 5.32 Å². The Kier molecular flexibility index (Phi) is 8.33. The Morgan fingerprint density at radius 2 is 1.64 bits per heavy atom. The molecule has 0 saturated carbocycles. The van der Waals surface area contributed by atoms with Crippen molar-refractivity contribution in [3.63, 3.8) is 0 Å². The van der Waals surface area contributed by atoms with Crippen LogP contribution in [0.5, 0.6) is 0 Å². The highest BCUT2D eigenvalue weighted by Gasteiger charge is 2.34. The van der Waals surface area contributed by atoms with Crippen LogP contribution in [0.25, 0.3) is 0 Å². The predicted molar refractivity (Wildman–Crippen MR) is 138 cm³/mol. The smallest absolute Gasteiger partial charge is 0.0991 e. The topological polar surface area (TPSA) is 59.6 Å². The van der Waals surface area contributed by atoms with Gasteiger partial charge in [0.2, 0.25) is 0 Å². The molecule has 5 heteroatoms. The number of halogens is 2. The second kappa shape index (κ2) is 11.0. The van der Waals surface area contributed by atoms with E-state index in [0.717, 1.165) is 22.0 Å². The van der Waals surface area contributed by atoms with Crippen molar-refractivity contribution in [1.29, 1.82) is 10.5 Å². The first kappa shape index (κ1) is 25.0. The molecule has 0 aliphatic rings. The predicted octanol–water partition coefficient (Wildman–Crippen LogP) is 7.57. The summed E-state index contributed by atoms with van der Waals surface area (Å²) in [4.78, 5) is 0. The lowest BCUT2D eigenvalue weighted by Gasteiger charge is -2.35. The second-order valence-corrected chi connectivity index (χ2v) is 10.3. The molecule has 168 valence electrons. The zero-order valence-corrected chi connectivity index (χ0v) is 21.4. The number of nitrogens with one attached hydrogen (secondary N) is 1. The van der Waals surface area contributed by atoms with E-state index in [0.29, 0.717) is 10.6 Å². The summed E-state index contributed by atoms with van der Waals surface area (Å²) in [5.41, 5.74) is 3.34. The summed E-state index contributed by atoms with van der Waals surface area (Å²) in [5, 5.41) is 23.8. The first-order chi connectivity index (χ1) is 15.7. The molecular weight excluding hydrogens is 494 g/mol. The van der Waals surface area contributed by atoms with Crippen LogP contribution < -0.4 is 5.32 Å². The number of nitrogens with zero attached hydrogens (tertiary/aromatic N) is 2. The highest BCUT2D eigenvalue weighted by atomic mass is 79.9. The normalized spacial score (nSPS) is 14.0. The Hall–Kier alpha value is -2.63. The van der Waals surface area contributed by atoms with E-state index in [2.05, 4.69) is 58.5 Å². The van der Waals surface area contributed by atoms with Gasteiger partial charge in [0.15, 0.2) is 0 Å². The standard InChI is InChI=1S/C28H27BrClN3/c1-19(33-27(28(2,3)18-32)22-9-11-24(29)12-10-22)26(16-20-7-13-25(30)14-8-20)23-6-4-5-21(15-23)17-31/h4-15,19,26-27,33H,16H2,1-3H3/t19-,26?,27-/m0/s1. The van der Waals surface area contributed by atoms with Crippen LogP contribution in [-0.2, 0) is 6.42 Å². The molecule has 1 N–H and O–H groups in total. The van der Waals surface area contributed by atoms with Gasteiger partial charge in [0.05, 0.1) is 29.2 Å². The van der Waals surface area contributed by atoms with E-state index < -0.39 is 5.41 Å². The molecule has 0 amide bonds. The first-order valence-electron chi connectivity index (χ1n) is 10.9. The van der Waals surface area contributed by atoms with Crippen molar-refractivity contribution in [3.8, 4) is 12.1 Å². The molecule has 0 fully saturated rings. The summed E-state index contributed by atoms with van der Waals surface area (Å²) < 4.78 is 1.00. The zero-order valence-electron chi connectivity index (χ0n) is 19.0. The quantitative estimate of drug-likeness (QED) is 0.333. The van der Waals surface area contributed by atoms with Gasteiger partial charge in [-0.2, -0.15) is 10.5 Å². The Bertz CT molecular complexity index is 1160. The lowest BCUT2D eigenvalue weighted by Crippen LogP contribution is -2.42. The van der Waals surface area contributed by atoms with Gasteiger partial charge in [-0.15, -0.1) is 0 Å². The molecular formula is C28H27BrClN3. The molecule has 0 aromatic heterocycles. The fraction of sp³-hybridized carbons (Fsp3) is 0.286. The number of hydrogen-bond donors (Lipinski definition) is 1. The summed E-state index contributed by atoms with van der Waals surface area (Å²) in [6.07, 6.45) is 0.778. The minimum atomic E-state index is -0.624. The SMILES string of the molecule is C[C@H](N[C@@H](c1ccc(Br)cc1)C(C)(C)C#N)C(Cc1ccc(Cl)cc1)c1cccc(C#N)c1. The van der Waals surface area contributed by atoms with Crippen molar-refractivity contribution in [2.75, 3.05) is 0 Å². The van der Waals surface area contributed by atoms with Crippen molar-refractivity contribution < 1.29 is 0 Å². The summed E-state index contributed by atoms with van der Waals surface area (Å²) in [5.74, 6) is 0.0897. The lowest BCUT2D eigenvalue weighted by molar-refractivity contribution is 0.281. The molecule has 3 nitrogen and oxygen atoms in total.